The van der Waals surface area contributed by atoms with Crippen LogP contribution in [0.25, 0.3) is 5.69 Å². The summed E-state index contributed by atoms with van der Waals surface area (Å²) in [5, 5.41) is 13.9. The molecule has 1 saturated heterocycles. The number of para-hydroxylation sites is 1. The third-order valence-electron chi connectivity index (χ3n) is 6.46. The Morgan fingerprint density at radius 3 is 2.51 bits per heavy atom. The number of benzene rings is 1. The van der Waals surface area contributed by atoms with Gasteiger partial charge in [-0.25, -0.2) is 4.79 Å². The summed E-state index contributed by atoms with van der Waals surface area (Å²) in [7, 11) is 0. The number of rotatable bonds is 6. The molecule has 1 fully saturated rings. The van der Waals surface area contributed by atoms with Crippen molar-refractivity contribution in [1.82, 2.24) is 24.8 Å². The van der Waals surface area contributed by atoms with Crippen LogP contribution in [0, 0.1) is 13.8 Å². The van der Waals surface area contributed by atoms with Crippen molar-refractivity contribution in [3.8, 4) is 5.69 Å². The summed E-state index contributed by atoms with van der Waals surface area (Å²) < 4.78 is 2.01. The molecule has 4 aromatic rings. The van der Waals surface area contributed by atoms with Crippen LogP contribution in [0.1, 0.15) is 50.7 Å². The lowest BCUT2D eigenvalue weighted by atomic mass is 9.96. The van der Waals surface area contributed by atoms with E-state index in [1.54, 1.807) is 30.7 Å². The number of hydrogen-bond donors (Lipinski definition) is 2. The number of aromatic nitrogens is 3. The fraction of sp³-hybridized carbons (Fsp3) is 0.185. The minimum atomic E-state index is -0.955. The van der Waals surface area contributed by atoms with Gasteiger partial charge in [-0.1, -0.05) is 18.2 Å². The molecule has 0 bridgehead atoms. The molecule has 1 aliphatic rings. The molecule has 8 heteroatoms. The molecular formula is C27H25N5O2S. The Labute approximate surface area is 209 Å². The summed E-state index contributed by atoms with van der Waals surface area (Å²) in [6.45, 7) is 4.64. The van der Waals surface area contributed by atoms with Crippen molar-refractivity contribution in [2.24, 2.45) is 0 Å². The molecule has 2 atom stereocenters. The van der Waals surface area contributed by atoms with E-state index in [2.05, 4.69) is 26.3 Å². The summed E-state index contributed by atoms with van der Waals surface area (Å²) in [5.74, 6) is -0.955. The molecule has 4 heterocycles. The zero-order valence-electron chi connectivity index (χ0n) is 19.4. The van der Waals surface area contributed by atoms with Crippen molar-refractivity contribution in [2.75, 3.05) is 0 Å². The average Bonchev–Trinajstić information content (AvgIpc) is 3.35. The maximum atomic E-state index is 12.0. The van der Waals surface area contributed by atoms with Gasteiger partial charge in [0.25, 0.3) is 0 Å². The van der Waals surface area contributed by atoms with Gasteiger partial charge in [0.2, 0.25) is 0 Å². The molecule has 0 aliphatic carbocycles. The van der Waals surface area contributed by atoms with E-state index in [1.807, 2.05) is 60.9 Å². The lowest BCUT2D eigenvalue weighted by Gasteiger charge is -2.28. The lowest BCUT2D eigenvalue weighted by Crippen LogP contribution is -2.29. The lowest BCUT2D eigenvalue weighted by molar-refractivity contribution is 0.0697. The van der Waals surface area contributed by atoms with Gasteiger partial charge < -0.3 is 19.9 Å². The number of thiocarbonyl (C=S) groups is 1. The monoisotopic (exact) mass is 483 g/mol. The Hall–Kier alpha value is -4.04. The van der Waals surface area contributed by atoms with E-state index < -0.39 is 5.97 Å². The highest BCUT2D eigenvalue weighted by Crippen LogP contribution is 2.42. The molecule has 1 aromatic carbocycles. The first-order valence-electron chi connectivity index (χ1n) is 11.3. The minimum Gasteiger partial charge on any atom is -0.478 e. The highest BCUT2D eigenvalue weighted by atomic mass is 32.1. The van der Waals surface area contributed by atoms with Crippen LogP contribution in [0.3, 0.4) is 0 Å². The normalized spacial score (nSPS) is 17.4. The number of aryl methyl sites for hydroxylation is 1. The van der Waals surface area contributed by atoms with E-state index >= 15 is 0 Å². The largest absolute Gasteiger partial charge is 0.478 e. The van der Waals surface area contributed by atoms with Crippen LogP contribution in [0.2, 0.25) is 0 Å². The molecule has 1 aliphatic heterocycles. The quantitative estimate of drug-likeness (QED) is 0.383. The molecule has 0 spiro atoms. The molecule has 2 N–H and O–H groups in total. The summed E-state index contributed by atoms with van der Waals surface area (Å²) >= 11 is 5.81. The van der Waals surface area contributed by atoms with E-state index in [9.17, 15) is 9.90 Å². The molecule has 176 valence electrons. The van der Waals surface area contributed by atoms with E-state index in [0.29, 0.717) is 17.3 Å². The topological polar surface area (TPSA) is 83.3 Å². The second kappa shape index (κ2) is 9.31. The third-order valence-corrected chi connectivity index (χ3v) is 6.82. The van der Waals surface area contributed by atoms with Crippen molar-refractivity contribution in [3.05, 3.63) is 113 Å². The van der Waals surface area contributed by atoms with E-state index in [1.165, 1.54) is 0 Å². The standard InChI is InChI=1S/C27H25N5O2S/c1-17-15-21(18(2)32(17)23-9-4-3-7-20(23)26(33)34)25-24(22-8-5-6-12-29-22)30-27(35)31(25)16-19-10-13-28-14-11-19/h3-15,24-25H,16H2,1-2H3,(H,30,35)(H,33,34)/t24-,25-/m0/s1. The number of pyridine rings is 2. The Balaban J connectivity index is 1.65. The highest BCUT2D eigenvalue weighted by Gasteiger charge is 2.41. The fourth-order valence-electron chi connectivity index (χ4n) is 4.91. The smallest absolute Gasteiger partial charge is 0.337 e. The predicted molar refractivity (Wildman–Crippen MR) is 137 cm³/mol. The molecule has 5 rings (SSSR count). The van der Waals surface area contributed by atoms with Gasteiger partial charge in [-0.2, -0.15) is 0 Å². The first kappa shape index (κ1) is 22.7. The summed E-state index contributed by atoms with van der Waals surface area (Å²) in [6.07, 6.45) is 5.35. The summed E-state index contributed by atoms with van der Waals surface area (Å²) in [6, 6.07) is 18.8. The molecule has 0 unspecified atom stereocenters. The first-order chi connectivity index (χ1) is 17.0. The van der Waals surface area contributed by atoms with Crippen LogP contribution in [0.5, 0.6) is 0 Å². The maximum Gasteiger partial charge on any atom is 0.337 e. The van der Waals surface area contributed by atoms with Crippen molar-refractivity contribution < 1.29 is 9.90 Å². The number of carbonyl (C=O) groups is 1. The van der Waals surface area contributed by atoms with Gasteiger partial charge in [0.05, 0.1) is 29.0 Å². The second-order valence-corrected chi connectivity index (χ2v) is 8.98. The van der Waals surface area contributed by atoms with Gasteiger partial charge in [-0.05, 0) is 79.7 Å². The van der Waals surface area contributed by atoms with Gasteiger partial charge in [0.15, 0.2) is 5.11 Å². The van der Waals surface area contributed by atoms with Gasteiger partial charge in [-0.3, -0.25) is 9.97 Å². The molecule has 0 radical (unpaired) electrons. The third kappa shape index (κ3) is 4.17. The number of aromatic carboxylic acids is 1. The molecule has 7 nitrogen and oxygen atoms in total. The number of carboxylic acids is 1. The van der Waals surface area contributed by atoms with Crippen LogP contribution in [0.15, 0.2) is 79.3 Å². The first-order valence-corrected chi connectivity index (χ1v) is 11.7. The van der Waals surface area contributed by atoms with Crippen molar-refractivity contribution >= 4 is 23.3 Å². The van der Waals surface area contributed by atoms with Gasteiger partial charge in [-0.15, -0.1) is 0 Å². The van der Waals surface area contributed by atoms with Crippen molar-refractivity contribution in [3.63, 3.8) is 0 Å². The van der Waals surface area contributed by atoms with Gasteiger partial charge in [0, 0.05) is 36.5 Å². The number of hydrogen-bond acceptors (Lipinski definition) is 4. The minimum absolute atomic E-state index is 0.137. The highest BCUT2D eigenvalue weighted by molar-refractivity contribution is 7.80. The van der Waals surface area contributed by atoms with E-state index in [4.69, 9.17) is 12.2 Å². The summed E-state index contributed by atoms with van der Waals surface area (Å²) in [5.41, 5.74) is 5.88. The Morgan fingerprint density at radius 1 is 1.06 bits per heavy atom. The predicted octanol–water partition coefficient (Wildman–Crippen LogP) is 4.76. The Kier molecular flexibility index (Phi) is 6.05. The van der Waals surface area contributed by atoms with Crippen LogP contribution < -0.4 is 5.32 Å². The number of carboxylic acid groups (broad SMARTS) is 1. The molecule has 3 aromatic heterocycles. The SMILES string of the molecule is Cc1cc([C@H]2[C@H](c3ccccn3)NC(=S)N2Cc2ccncc2)c(C)n1-c1ccccc1C(=O)O. The van der Waals surface area contributed by atoms with Crippen LogP contribution in [-0.4, -0.2) is 35.6 Å². The average molecular weight is 484 g/mol. The number of nitrogens with zero attached hydrogens (tertiary/aromatic N) is 4. The Bertz CT molecular complexity index is 1390. The zero-order chi connectivity index (χ0) is 24.5. The molecule has 0 saturated carbocycles. The maximum absolute atomic E-state index is 12.0. The second-order valence-electron chi connectivity index (χ2n) is 8.59. The van der Waals surface area contributed by atoms with E-state index in [0.717, 1.165) is 28.2 Å². The van der Waals surface area contributed by atoms with Crippen LogP contribution >= 0.6 is 12.2 Å². The van der Waals surface area contributed by atoms with E-state index in [-0.39, 0.29) is 17.6 Å². The molecule has 0 amide bonds. The van der Waals surface area contributed by atoms with Crippen LogP contribution in [0.4, 0.5) is 0 Å². The fourth-order valence-corrected chi connectivity index (χ4v) is 5.21. The molecule has 35 heavy (non-hydrogen) atoms. The molecular weight excluding hydrogens is 458 g/mol. The summed E-state index contributed by atoms with van der Waals surface area (Å²) in [4.78, 5) is 22.9. The van der Waals surface area contributed by atoms with Crippen molar-refractivity contribution in [1.29, 1.82) is 0 Å². The van der Waals surface area contributed by atoms with Crippen molar-refractivity contribution in [2.45, 2.75) is 32.5 Å². The zero-order valence-corrected chi connectivity index (χ0v) is 20.2. The Morgan fingerprint density at radius 2 is 1.80 bits per heavy atom. The van der Waals surface area contributed by atoms with Gasteiger partial charge in [0.1, 0.15) is 0 Å². The number of nitrogens with one attached hydrogen (secondary N) is 1. The van der Waals surface area contributed by atoms with Gasteiger partial charge >= 0.3 is 5.97 Å². The van der Waals surface area contributed by atoms with Crippen LogP contribution in [-0.2, 0) is 6.54 Å².